The number of β-amino-alcohol motifs (C(OH)–C–C–N with tert-alkyl or cyclic N) is 1. The molecule has 1 aliphatic heterocycles. The summed E-state index contributed by atoms with van der Waals surface area (Å²) < 4.78 is 2.20. The van der Waals surface area contributed by atoms with Gasteiger partial charge in [-0.2, -0.15) is 0 Å². The Morgan fingerprint density at radius 3 is 2.90 bits per heavy atom. The maximum atomic E-state index is 9.81. The van der Waals surface area contributed by atoms with Gasteiger partial charge < -0.3 is 9.67 Å². The lowest BCUT2D eigenvalue weighted by atomic mass is 10.1. The van der Waals surface area contributed by atoms with E-state index in [2.05, 4.69) is 34.4 Å². The molecule has 0 spiro atoms. The number of aliphatic hydroxyl groups excluding tert-OH is 1. The van der Waals surface area contributed by atoms with Crippen LogP contribution in [-0.2, 0) is 6.54 Å². The van der Waals surface area contributed by atoms with Crippen molar-refractivity contribution in [1.82, 2.24) is 14.5 Å². The Morgan fingerprint density at radius 1 is 1.33 bits per heavy atom. The minimum absolute atomic E-state index is 0.168. The van der Waals surface area contributed by atoms with E-state index < -0.39 is 0 Å². The van der Waals surface area contributed by atoms with E-state index in [0.717, 1.165) is 38.3 Å². The molecule has 0 radical (unpaired) electrons. The van der Waals surface area contributed by atoms with Gasteiger partial charge in [0.25, 0.3) is 0 Å². The molecule has 0 amide bonds. The fourth-order valence-electron chi connectivity index (χ4n) is 3.24. The van der Waals surface area contributed by atoms with Crippen LogP contribution in [0.5, 0.6) is 0 Å². The maximum absolute atomic E-state index is 9.81. The Kier molecular flexibility index (Phi) is 4.08. The summed E-state index contributed by atoms with van der Waals surface area (Å²) in [5, 5.41) is 9.81. The second-order valence-electron chi connectivity index (χ2n) is 5.95. The smallest absolute Gasteiger partial charge is 0.136 e. The highest BCUT2D eigenvalue weighted by Gasteiger charge is 2.20. The lowest BCUT2D eigenvalue weighted by molar-refractivity contribution is 0.0667. The fourth-order valence-corrected chi connectivity index (χ4v) is 3.24. The van der Waals surface area contributed by atoms with E-state index in [4.69, 9.17) is 0 Å². The molecule has 3 rings (SSSR count). The number of aliphatic hydroxyl groups is 1. The van der Waals surface area contributed by atoms with Gasteiger partial charge in [-0.15, -0.1) is 0 Å². The standard InChI is InChI=1S/C17H23N3O/c1-13-10-15(11-19-9-5-6-16(21)12-19)14(2)20(13)17-7-3-4-8-18-17/h3-4,7-8,10,16,21H,5-6,9,11-12H2,1-2H3/t16-/m0/s1. The van der Waals surface area contributed by atoms with Crippen LogP contribution in [0.15, 0.2) is 30.5 Å². The third kappa shape index (κ3) is 3.01. The molecule has 3 heterocycles. The van der Waals surface area contributed by atoms with Crippen molar-refractivity contribution in [3.63, 3.8) is 0 Å². The average Bonchev–Trinajstić information content (AvgIpc) is 2.74. The molecule has 0 aromatic carbocycles. The number of aromatic nitrogens is 2. The minimum Gasteiger partial charge on any atom is -0.392 e. The van der Waals surface area contributed by atoms with Gasteiger partial charge in [0, 0.05) is 30.7 Å². The van der Waals surface area contributed by atoms with Crippen molar-refractivity contribution in [2.24, 2.45) is 0 Å². The zero-order chi connectivity index (χ0) is 14.8. The van der Waals surface area contributed by atoms with Gasteiger partial charge in [-0.25, -0.2) is 4.98 Å². The zero-order valence-electron chi connectivity index (χ0n) is 12.8. The van der Waals surface area contributed by atoms with Crippen molar-refractivity contribution < 1.29 is 5.11 Å². The predicted molar refractivity (Wildman–Crippen MR) is 83.6 cm³/mol. The topological polar surface area (TPSA) is 41.3 Å². The zero-order valence-corrected chi connectivity index (χ0v) is 12.8. The number of likely N-dealkylation sites (tertiary alicyclic amines) is 1. The molecule has 4 nitrogen and oxygen atoms in total. The van der Waals surface area contributed by atoms with E-state index in [1.807, 2.05) is 24.4 Å². The SMILES string of the molecule is Cc1cc(CN2CCC[C@H](O)C2)c(C)n1-c1ccccn1. The summed E-state index contributed by atoms with van der Waals surface area (Å²) in [6.45, 7) is 7.04. The van der Waals surface area contributed by atoms with Gasteiger partial charge in [0.15, 0.2) is 0 Å². The normalized spacial score (nSPS) is 19.9. The molecule has 0 bridgehead atoms. The molecule has 2 aromatic heterocycles. The first-order valence-electron chi connectivity index (χ1n) is 7.65. The van der Waals surface area contributed by atoms with Gasteiger partial charge in [-0.3, -0.25) is 4.90 Å². The van der Waals surface area contributed by atoms with Gasteiger partial charge in [0.1, 0.15) is 5.82 Å². The lowest BCUT2D eigenvalue weighted by Gasteiger charge is -2.29. The quantitative estimate of drug-likeness (QED) is 0.942. The van der Waals surface area contributed by atoms with Crippen LogP contribution in [-0.4, -0.2) is 38.8 Å². The van der Waals surface area contributed by atoms with Crippen LogP contribution >= 0.6 is 0 Å². The number of hydrogen-bond donors (Lipinski definition) is 1. The highest BCUT2D eigenvalue weighted by molar-refractivity contribution is 5.36. The minimum atomic E-state index is -0.168. The molecule has 1 saturated heterocycles. The Balaban J connectivity index is 1.84. The third-order valence-electron chi connectivity index (χ3n) is 4.29. The first-order valence-corrected chi connectivity index (χ1v) is 7.65. The summed E-state index contributed by atoms with van der Waals surface area (Å²) in [5.74, 6) is 0.970. The largest absolute Gasteiger partial charge is 0.392 e. The molecule has 21 heavy (non-hydrogen) atoms. The van der Waals surface area contributed by atoms with Crippen LogP contribution in [0.2, 0.25) is 0 Å². The van der Waals surface area contributed by atoms with Gasteiger partial charge in [0.05, 0.1) is 6.10 Å². The molecule has 1 atom stereocenters. The van der Waals surface area contributed by atoms with Crippen LogP contribution in [0, 0.1) is 13.8 Å². The Hall–Kier alpha value is -1.65. The summed E-state index contributed by atoms with van der Waals surface area (Å²) in [5.41, 5.74) is 3.78. The molecular weight excluding hydrogens is 262 g/mol. The molecule has 112 valence electrons. The second kappa shape index (κ2) is 6.00. The highest BCUT2D eigenvalue weighted by atomic mass is 16.3. The molecular formula is C17H23N3O. The summed E-state index contributed by atoms with van der Waals surface area (Å²) in [6, 6.07) is 8.23. The van der Waals surface area contributed by atoms with Crippen LogP contribution in [0.1, 0.15) is 29.8 Å². The summed E-state index contributed by atoms with van der Waals surface area (Å²) >= 11 is 0. The van der Waals surface area contributed by atoms with Crippen molar-refractivity contribution in [1.29, 1.82) is 0 Å². The van der Waals surface area contributed by atoms with Crippen molar-refractivity contribution in [3.8, 4) is 5.82 Å². The monoisotopic (exact) mass is 285 g/mol. The molecule has 4 heteroatoms. The molecule has 2 aromatic rings. The number of piperidine rings is 1. The summed E-state index contributed by atoms with van der Waals surface area (Å²) in [7, 11) is 0. The molecule has 0 saturated carbocycles. The number of nitrogens with zero attached hydrogens (tertiary/aromatic N) is 3. The molecule has 0 aliphatic carbocycles. The Morgan fingerprint density at radius 2 is 2.19 bits per heavy atom. The molecule has 1 fully saturated rings. The number of aryl methyl sites for hydroxylation is 1. The Bertz CT molecular complexity index is 606. The third-order valence-corrected chi connectivity index (χ3v) is 4.29. The van der Waals surface area contributed by atoms with Crippen LogP contribution < -0.4 is 0 Å². The van der Waals surface area contributed by atoms with Crippen LogP contribution in [0.3, 0.4) is 0 Å². The van der Waals surface area contributed by atoms with E-state index in [9.17, 15) is 5.11 Å². The maximum Gasteiger partial charge on any atom is 0.136 e. The average molecular weight is 285 g/mol. The second-order valence-corrected chi connectivity index (χ2v) is 5.95. The molecule has 0 unspecified atom stereocenters. The van der Waals surface area contributed by atoms with Crippen molar-refractivity contribution in [3.05, 3.63) is 47.4 Å². The fraction of sp³-hybridized carbons (Fsp3) is 0.471. The Labute approximate surface area is 126 Å². The van der Waals surface area contributed by atoms with Gasteiger partial charge in [-0.05, 0) is 57.0 Å². The number of hydrogen-bond acceptors (Lipinski definition) is 3. The first-order chi connectivity index (χ1) is 10.1. The lowest BCUT2D eigenvalue weighted by Crippen LogP contribution is -2.37. The van der Waals surface area contributed by atoms with Crippen LogP contribution in [0.25, 0.3) is 5.82 Å². The van der Waals surface area contributed by atoms with E-state index in [0.29, 0.717) is 0 Å². The van der Waals surface area contributed by atoms with Gasteiger partial charge in [-0.1, -0.05) is 6.07 Å². The highest BCUT2D eigenvalue weighted by Crippen LogP contribution is 2.22. The predicted octanol–water partition coefficient (Wildman–Crippen LogP) is 2.45. The first kappa shape index (κ1) is 14.3. The number of pyridine rings is 1. The van der Waals surface area contributed by atoms with E-state index in [1.54, 1.807) is 0 Å². The summed E-state index contributed by atoms with van der Waals surface area (Å²) in [4.78, 5) is 6.80. The van der Waals surface area contributed by atoms with E-state index >= 15 is 0 Å². The molecule has 1 aliphatic rings. The molecule has 1 N–H and O–H groups in total. The van der Waals surface area contributed by atoms with Gasteiger partial charge in [0.2, 0.25) is 0 Å². The van der Waals surface area contributed by atoms with Crippen molar-refractivity contribution >= 4 is 0 Å². The van der Waals surface area contributed by atoms with Crippen molar-refractivity contribution in [2.45, 2.75) is 39.3 Å². The van der Waals surface area contributed by atoms with Gasteiger partial charge >= 0.3 is 0 Å². The van der Waals surface area contributed by atoms with E-state index in [1.165, 1.54) is 17.0 Å². The van der Waals surface area contributed by atoms with Crippen LogP contribution in [0.4, 0.5) is 0 Å². The number of rotatable bonds is 3. The van der Waals surface area contributed by atoms with Crippen molar-refractivity contribution in [2.75, 3.05) is 13.1 Å². The summed E-state index contributed by atoms with van der Waals surface area (Å²) in [6.07, 6.45) is 3.68. The van der Waals surface area contributed by atoms with E-state index in [-0.39, 0.29) is 6.10 Å².